The van der Waals surface area contributed by atoms with Crippen LogP contribution in [-0.2, 0) is 9.59 Å². The number of ether oxygens (including phenoxy) is 2. The maximum Gasteiger partial charge on any atom is 0.274 e. The molecule has 0 saturated carbocycles. The molecule has 12 nitrogen and oxygen atoms in total. The van der Waals surface area contributed by atoms with Gasteiger partial charge in [0.25, 0.3) is 11.8 Å². The van der Waals surface area contributed by atoms with Gasteiger partial charge in [0.1, 0.15) is 11.4 Å². The van der Waals surface area contributed by atoms with Gasteiger partial charge < -0.3 is 29.5 Å². The van der Waals surface area contributed by atoms with E-state index in [2.05, 4.69) is 10.6 Å². The highest BCUT2D eigenvalue weighted by Crippen LogP contribution is 2.28. The number of guanidine groups is 2. The lowest BCUT2D eigenvalue weighted by Crippen LogP contribution is -2.25. The zero-order valence-electron chi connectivity index (χ0n) is 20.0. The first-order valence-electron chi connectivity index (χ1n) is 10.5. The molecule has 0 atom stereocenters. The van der Waals surface area contributed by atoms with Crippen molar-refractivity contribution < 1.29 is 29.3 Å². The van der Waals surface area contributed by atoms with E-state index in [4.69, 9.17) is 20.3 Å². The molecule has 0 aliphatic carbocycles. The summed E-state index contributed by atoms with van der Waals surface area (Å²) in [4.78, 5) is 26.0. The minimum atomic E-state index is -0.335. The van der Waals surface area contributed by atoms with E-state index in [0.717, 1.165) is 0 Å². The van der Waals surface area contributed by atoms with Crippen LogP contribution < -0.4 is 20.1 Å². The maximum atomic E-state index is 11.6. The van der Waals surface area contributed by atoms with Gasteiger partial charge in [0.05, 0.1) is 14.2 Å². The lowest BCUT2D eigenvalue weighted by molar-refractivity contribution is -0.116. The molecule has 2 aromatic carbocycles. The minimum Gasteiger partial charge on any atom is -0.504 e. The Balaban J connectivity index is 0.000000201. The van der Waals surface area contributed by atoms with Crippen molar-refractivity contribution in [3.8, 4) is 23.0 Å². The second-order valence-electron chi connectivity index (χ2n) is 7.65. The van der Waals surface area contributed by atoms with E-state index in [-0.39, 0.29) is 35.2 Å². The monoisotopic (exact) mass is 494 g/mol. The number of nitrogens with one attached hydrogen (secondary N) is 4. The van der Waals surface area contributed by atoms with Crippen molar-refractivity contribution >= 4 is 35.9 Å². The van der Waals surface area contributed by atoms with Crippen LogP contribution in [0.3, 0.4) is 0 Å². The molecule has 0 bridgehead atoms. The molecule has 12 heteroatoms. The summed E-state index contributed by atoms with van der Waals surface area (Å²) in [6.45, 7) is 0. The number of phenolic OH excluding ortho intramolecular Hbond substituents is 2. The molecule has 0 aromatic heterocycles. The molecule has 2 amide bonds. The van der Waals surface area contributed by atoms with Crippen LogP contribution in [0.15, 0.2) is 47.8 Å². The zero-order chi connectivity index (χ0) is 26.6. The van der Waals surface area contributed by atoms with E-state index in [1.807, 2.05) is 0 Å². The van der Waals surface area contributed by atoms with E-state index in [1.165, 1.54) is 36.2 Å². The molecule has 188 valence electrons. The van der Waals surface area contributed by atoms with Crippen LogP contribution in [0.25, 0.3) is 12.2 Å². The molecule has 2 aliphatic heterocycles. The highest BCUT2D eigenvalue weighted by molar-refractivity contribution is 6.15. The van der Waals surface area contributed by atoms with Crippen molar-refractivity contribution in [2.24, 2.45) is 0 Å². The van der Waals surface area contributed by atoms with Crippen LogP contribution in [0.2, 0.25) is 0 Å². The number of rotatable bonds is 4. The Kier molecular flexibility index (Phi) is 7.48. The summed E-state index contributed by atoms with van der Waals surface area (Å²) in [7, 11) is 6.17. The number of methoxy groups -OCH3 is 2. The van der Waals surface area contributed by atoms with E-state index in [9.17, 15) is 19.8 Å². The van der Waals surface area contributed by atoms with Crippen LogP contribution in [-0.4, -0.2) is 72.1 Å². The maximum absolute atomic E-state index is 11.6. The quantitative estimate of drug-likeness (QED) is 0.347. The Bertz CT molecular complexity index is 1200. The second-order valence-corrected chi connectivity index (χ2v) is 7.65. The standard InChI is InChI=1S/2C12H13N3O3/c2*1-15-8(11(17)14-12(15)13)5-7-3-4-10(18-2)9(16)6-7/h2*3-6,16H,1-2H3,(H2,13,14,17). The number of carbonyl (C=O) groups is 2. The van der Waals surface area contributed by atoms with Crippen molar-refractivity contribution in [1.29, 1.82) is 10.8 Å². The predicted octanol–water partition coefficient (Wildman–Crippen LogP) is 1.48. The molecule has 0 radical (unpaired) electrons. The summed E-state index contributed by atoms with van der Waals surface area (Å²) in [6.07, 6.45) is 3.19. The van der Waals surface area contributed by atoms with Crippen molar-refractivity contribution in [1.82, 2.24) is 20.4 Å². The van der Waals surface area contributed by atoms with Gasteiger partial charge in [-0.25, -0.2) is 0 Å². The zero-order valence-corrected chi connectivity index (χ0v) is 20.0. The van der Waals surface area contributed by atoms with E-state index < -0.39 is 0 Å². The smallest absolute Gasteiger partial charge is 0.274 e. The first-order valence-corrected chi connectivity index (χ1v) is 10.5. The third-order valence-corrected chi connectivity index (χ3v) is 5.34. The Morgan fingerprint density at radius 2 is 1.11 bits per heavy atom. The Labute approximate surface area is 207 Å². The largest absolute Gasteiger partial charge is 0.504 e. The van der Waals surface area contributed by atoms with Gasteiger partial charge in [0.2, 0.25) is 11.9 Å². The average Bonchev–Trinajstić information content (AvgIpc) is 3.22. The first-order chi connectivity index (χ1) is 17.0. The normalized spacial score (nSPS) is 17.2. The van der Waals surface area contributed by atoms with Crippen LogP contribution in [0, 0.1) is 10.8 Å². The summed E-state index contributed by atoms with van der Waals surface area (Å²) >= 11 is 0. The van der Waals surface area contributed by atoms with Crippen LogP contribution in [0.5, 0.6) is 23.0 Å². The summed E-state index contributed by atoms with van der Waals surface area (Å²) in [5.74, 6) is 0.137. The molecule has 0 spiro atoms. The van der Waals surface area contributed by atoms with Crippen molar-refractivity contribution in [2.45, 2.75) is 0 Å². The predicted molar refractivity (Wildman–Crippen MR) is 133 cm³/mol. The third-order valence-electron chi connectivity index (χ3n) is 5.34. The SMILES string of the molecule is COc1ccc(C=C2C(=O)NC(=N)N2C)cc1O.COc1ccc(C=C2C(=O)NC(=N)N2C)cc1O. The fourth-order valence-corrected chi connectivity index (χ4v) is 3.29. The van der Waals surface area contributed by atoms with Crippen LogP contribution >= 0.6 is 0 Å². The number of phenols is 2. The molecule has 4 rings (SSSR count). The van der Waals surface area contributed by atoms with Crippen LogP contribution in [0.4, 0.5) is 0 Å². The van der Waals surface area contributed by atoms with Gasteiger partial charge in [0.15, 0.2) is 23.0 Å². The number of carbonyl (C=O) groups excluding carboxylic acids is 2. The van der Waals surface area contributed by atoms with E-state index in [0.29, 0.717) is 34.0 Å². The van der Waals surface area contributed by atoms with Crippen molar-refractivity contribution in [3.05, 3.63) is 58.9 Å². The summed E-state index contributed by atoms with van der Waals surface area (Å²) in [6, 6.07) is 9.65. The molecular formula is C24H26N6O6. The van der Waals surface area contributed by atoms with Gasteiger partial charge in [-0.1, -0.05) is 12.1 Å². The topological polar surface area (TPSA) is 171 Å². The van der Waals surface area contributed by atoms with Gasteiger partial charge in [-0.2, -0.15) is 0 Å². The second kappa shape index (κ2) is 10.5. The van der Waals surface area contributed by atoms with Gasteiger partial charge in [-0.3, -0.25) is 31.0 Å². The molecule has 2 fully saturated rings. The number of aromatic hydroxyl groups is 2. The van der Waals surface area contributed by atoms with E-state index >= 15 is 0 Å². The Morgan fingerprint density at radius 3 is 1.36 bits per heavy atom. The third kappa shape index (κ3) is 5.38. The van der Waals surface area contributed by atoms with Gasteiger partial charge in [0, 0.05) is 14.1 Å². The minimum absolute atomic E-state index is 0.00276. The van der Waals surface area contributed by atoms with Gasteiger partial charge in [-0.15, -0.1) is 0 Å². The number of hydrogen-bond donors (Lipinski definition) is 6. The van der Waals surface area contributed by atoms with E-state index in [1.54, 1.807) is 50.5 Å². The molecule has 6 N–H and O–H groups in total. The summed E-state index contributed by atoms with van der Waals surface area (Å²) in [5, 5.41) is 39.0. The van der Waals surface area contributed by atoms with Crippen molar-refractivity contribution in [3.63, 3.8) is 0 Å². The molecule has 0 unspecified atom stereocenters. The number of amides is 2. The molecule has 2 saturated heterocycles. The molecule has 36 heavy (non-hydrogen) atoms. The number of nitrogens with zero attached hydrogens (tertiary/aromatic N) is 2. The summed E-state index contributed by atoms with van der Waals surface area (Å²) in [5.41, 5.74) is 2.01. The molecular weight excluding hydrogens is 468 g/mol. The lowest BCUT2D eigenvalue weighted by atomic mass is 10.1. The number of hydrogen-bond acceptors (Lipinski definition) is 8. The van der Waals surface area contributed by atoms with Gasteiger partial charge in [-0.05, 0) is 47.5 Å². The lowest BCUT2D eigenvalue weighted by Gasteiger charge is -2.09. The van der Waals surface area contributed by atoms with Crippen molar-refractivity contribution in [2.75, 3.05) is 28.3 Å². The highest BCUT2D eigenvalue weighted by atomic mass is 16.5. The highest BCUT2D eigenvalue weighted by Gasteiger charge is 2.27. The number of benzene rings is 2. The molecule has 2 heterocycles. The molecule has 2 aromatic rings. The van der Waals surface area contributed by atoms with Gasteiger partial charge >= 0.3 is 0 Å². The first kappa shape index (κ1) is 25.6. The fraction of sp³-hybridized carbons (Fsp3) is 0.167. The Hall–Kier alpha value is -5.00. The number of likely N-dealkylation sites (N-methyl/N-ethyl adjacent to an activating group) is 2. The summed E-state index contributed by atoms with van der Waals surface area (Å²) < 4.78 is 9.87. The Morgan fingerprint density at radius 1 is 0.750 bits per heavy atom. The molecule has 2 aliphatic rings. The average molecular weight is 495 g/mol. The van der Waals surface area contributed by atoms with Crippen LogP contribution in [0.1, 0.15) is 11.1 Å². The fourth-order valence-electron chi connectivity index (χ4n) is 3.29.